The molecule has 0 amide bonds. The van der Waals surface area contributed by atoms with Crippen LogP contribution in [-0.2, 0) is 11.2 Å². The van der Waals surface area contributed by atoms with E-state index in [9.17, 15) is 4.39 Å². The number of methoxy groups -OCH3 is 1. The Morgan fingerprint density at radius 1 is 1.48 bits per heavy atom. The van der Waals surface area contributed by atoms with Crippen molar-refractivity contribution in [3.05, 3.63) is 35.6 Å². The first-order chi connectivity index (χ1) is 10.2. The molecule has 1 aliphatic rings. The number of nitrogens with zero attached hydrogens (tertiary/aromatic N) is 2. The highest BCUT2D eigenvalue weighted by molar-refractivity contribution is 5.80. The predicted octanol–water partition coefficient (Wildman–Crippen LogP) is 1.91. The fraction of sp³-hybridized carbons (Fsp3) is 0.562. The van der Waals surface area contributed by atoms with Gasteiger partial charge in [-0.05, 0) is 24.5 Å². The van der Waals surface area contributed by atoms with Crippen LogP contribution in [-0.4, -0.2) is 51.3 Å². The summed E-state index contributed by atoms with van der Waals surface area (Å²) >= 11 is 0. The molecule has 0 aliphatic carbocycles. The average Bonchev–Trinajstić information content (AvgIpc) is 2.94. The lowest BCUT2D eigenvalue weighted by Crippen LogP contribution is -2.41. The number of ether oxygens (including phenoxy) is 1. The van der Waals surface area contributed by atoms with Crippen molar-refractivity contribution in [1.29, 1.82) is 0 Å². The molecule has 0 saturated carbocycles. The van der Waals surface area contributed by atoms with Gasteiger partial charge in [-0.1, -0.05) is 18.2 Å². The zero-order valence-electron chi connectivity index (χ0n) is 12.8. The number of rotatable bonds is 5. The predicted molar refractivity (Wildman–Crippen MR) is 83.0 cm³/mol. The quantitative estimate of drug-likeness (QED) is 0.665. The SMILES string of the molecule is CN=C(NCCc1ccccc1F)N1CCC(COC)C1. The Morgan fingerprint density at radius 2 is 2.29 bits per heavy atom. The lowest BCUT2D eigenvalue weighted by atomic mass is 10.1. The number of guanidine groups is 1. The maximum Gasteiger partial charge on any atom is 0.193 e. The molecular weight excluding hydrogens is 269 g/mol. The number of hydrogen-bond acceptors (Lipinski definition) is 2. The van der Waals surface area contributed by atoms with E-state index in [0.29, 0.717) is 18.9 Å². The first kappa shape index (κ1) is 15.8. The minimum atomic E-state index is -0.143. The molecule has 5 heteroatoms. The van der Waals surface area contributed by atoms with Crippen LogP contribution in [0, 0.1) is 11.7 Å². The summed E-state index contributed by atoms with van der Waals surface area (Å²) in [5.41, 5.74) is 0.735. The van der Waals surface area contributed by atoms with Crippen LogP contribution in [0.1, 0.15) is 12.0 Å². The first-order valence-electron chi connectivity index (χ1n) is 7.42. The number of aliphatic imine (C=N–C) groups is 1. The van der Waals surface area contributed by atoms with Gasteiger partial charge in [0.25, 0.3) is 0 Å². The Balaban J connectivity index is 1.80. The zero-order chi connectivity index (χ0) is 15.1. The molecule has 1 unspecified atom stereocenters. The van der Waals surface area contributed by atoms with E-state index in [1.807, 2.05) is 12.1 Å². The second kappa shape index (κ2) is 7.98. The van der Waals surface area contributed by atoms with E-state index in [2.05, 4.69) is 15.2 Å². The highest BCUT2D eigenvalue weighted by atomic mass is 19.1. The standard InChI is InChI=1S/C16H24FN3O/c1-18-16(20-10-8-13(11-20)12-21-2)19-9-7-14-5-3-4-6-15(14)17/h3-6,13H,7-12H2,1-2H3,(H,18,19). The number of halogens is 1. The van der Waals surface area contributed by atoms with Gasteiger partial charge < -0.3 is 15.0 Å². The molecule has 2 rings (SSSR count). The molecule has 116 valence electrons. The molecule has 1 aromatic rings. The average molecular weight is 293 g/mol. The topological polar surface area (TPSA) is 36.9 Å². The normalized spacial score (nSPS) is 19.1. The summed E-state index contributed by atoms with van der Waals surface area (Å²) in [6, 6.07) is 6.90. The van der Waals surface area contributed by atoms with Gasteiger partial charge in [0.05, 0.1) is 6.61 Å². The van der Waals surface area contributed by atoms with Gasteiger partial charge in [0.2, 0.25) is 0 Å². The van der Waals surface area contributed by atoms with Crippen molar-refractivity contribution in [3.63, 3.8) is 0 Å². The fourth-order valence-electron chi connectivity index (χ4n) is 2.74. The van der Waals surface area contributed by atoms with E-state index >= 15 is 0 Å². The Bertz CT molecular complexity index is 478. The number of likely N-dealkylation sites (tertiary alicyclic amines) is 1. The highest BCUT2D eigenvalue weighted by Crippen LogP contribution is 2.16. The van der Waals surface area contributed by atoms with Gasteiger partial charge in [-0.2, -0.15) is 0 Å². The van der Waals surface area contributed by atoms with Crippen LogP contribution in [0.3, 0.4) is 0 Å². The second-order valence-electron chi connectivity index (χ2n) is 5.37. The molecule has 4 nitrogen and oxygen atoms in total. The summed E-state index contributed by atoms with van der Waals surface area (Å²) < 4.78 is 18.8. The van der Waals surface area contributed by atoms with Crippen LogP contribution >= 0.6 is 0 Å². The summed E-state index contributed by atoms with van der Waals surface area (Å²) in [7, 11) is 3.53. The van der Waals surface area contributed by atoms with E-state index in [1.54, 1.807) is 20.2 Å². The van der Waals surface area contributed by atoms with Crippen LogP contribution in [0.4, 0.5) is 4.39 Å². The van der Waals surface area contributed by atoms with Crippen molar-refractivity contribution in [3.8, 4) is 0 Å². The molecule has 0 radical (unpaired) electrons. The molecule has 0 spiro atoms. The van der Waals surface area contributed by atoms with Crippen LogP contribution in [0.15, 0.2) is 29.3 Å². The number of nitrogens with one attached hydrogen (secondary N) is 1. The molecule has 1 aliphatic heterocycles. The van der Waals surface area contributed by atoms with E-state index < -0.39 is 0 Å². The summed E-state index contributed by atoms with van der Waals surface area (Å²) in [6.07, 6.45) is 1.78. The zero-order valence-corrected chi connectivity index (χ0v) is 12.8. The molecule has 1 aromatic carbocycles. The third-order valence-electron chi connectivity index (χ3n) is 3.83. The highest BCUT2D eigenvalue weighted by Gasteiger charge is 2.24. The molecular formula is C16H24FN3O. The Morgan fingerprint density at radius 3 is 3.00 bits per heavy atom. The van der Waals surface area contributed by atoms with Crippen LogP contribution < -0.4 is 5.32 Å². The maximum absolute atomic E-state index is 13.6. The molecule has 1 atom stereocenters. The number of benzene rings is 1. The van der Waals surface area contributed by atoms with Crippen LogP contribution in [0.5, 0.6) is 0 Å². The molecule has 21 heavy (non-hydrogen) atoms. The van der Waals surface area contributed by atoms with Crippen molar-refractivity contribution in [1.82, 2.24) is 10.2 Å². The van der Waals surface area contributed by atoms with Crippen LogP contribution in [0.25, 0.3) is 0 Å². The van der Waals surface area contributed by atoms with Gasteiger partial charge in [0, 0.05) is 39.7 Å². The first-order valence-corrected chi connectivity index (χ1v) is 7.42. The Kier molecular flexibility index (Phi) is 5.99. The molecule has 1 saturated heterocycles. The van der Waals surface area contributed by atoms with E-state index in [-0.39, 0.29) is 5.82 Å². The molecule has 1 fully saturated rings. The van der Waals surface area contributed by atoms with Crippen molar-refractivity contribution in [2.75, 3.05) is 40.4 Å². The van der Waals surface area contributed by atoms with E-state index in [0.717, 1.165) is 37.6 Å². The van der Waals surface area contributed by atoms with Gasteiger partial charge in [0.1, 0.15) is 5.82 Å². The fourth-order valence-corrected chi connectivity index (χ4v) is 2.74. The molecule has 0 aromatic heterocycles. The summed E-state index contributed by atoms with van der Waals surface area (Å²) in [4.78, 5) is 6.56. The molecule has 1 heterocycles. The second-order valence-corrected chi connectivity index (χ2v) is 5.37. The van der Waals surface area contributed by atoms with E-state index in [4.69, 9.17) is 4.74 Å². The van der Waals surface area contributed by atoms with Crippen molar-refractivity contribution in [2.45, 2.75) is 12.8 Å². The third kappa shape index (κ3) is 4.43. The Hall–Kier alpha value is -1.62. The van der Waals surface area contributed by atoms with Gasteiger partial charge in [0.15, 0.2) is 5.96 Å². The largest absolute Gasteiger partial charge is 0.384 e. The third-order valence-corrected chi connectivity index (χ3v) is 3.83. The van der Waals surface area contributed by atoms with Crippen molar-refractivity contribution >= 4 is 5.96 Å². The Labute approximate surface area is 126 Å². The smallest absolute Gasteiger partial charge is 0.193 e. The van der Waals surface area contributed by atoms with Gasteiger partial charge >= 0.3 is 0 Å². The summed E-state index contributed by atoms with van der Waals surface area (Å²) in [5.74, 6) is 1.32. The minimum absolute atomic E-state index is 0.143. The molecule has 0 bridgehead atoms. The van der Waals surface area contributed by atoms with Gasteiger partial charge in [-0.25, -0.2) is 4.39 Å². The lowest BCUT2D eigenvalue weighted by Gasteiger charge is -2.21. The van der Waals surface area contributed by atoms with Crippen molar-refractivity contribution in [2.24, 2.45) is 10.9 Å². The maximum atomic E-state index is 13.6. The van der Waals surface area contributed by atoms with E-state index in [1.165, 1.54) is 6.07 Å². The van der Waals surface area contributed by atoms with Crippen LogP contribution in [0.2, 0.25) is 0 Å². The molecule has 1 N–H and O–H groups in total. The lowest BCUT2D eigenvalue weighted by molar-refractivity contribution is 0.157. The van der Waals surface area contributed by atoms with Gasteiger partial charge in [-0.15, -0.1) is 0 Å². The monoisotopic (exact) mass is 293 g/mol. The summed E-state index contributed by atoms with van der Waals surface area (Å²) in [6.45, 7) is 3.43. The summed E-state index contributed by atoms with van der Waals surface area (Å²) in [5, 5.41) is 3.32. The van der Waals surface area contributed by atoms with Gasteiger partial charge in [-0.3, -0.25) is 4.99 Å². The van der Waals surface area contributed by atoms with Crippen molar-refractivity contribution < 1.29 is 9.13 Å². The number of hydrogen-bond donors (Lipinski definition) is 1. The minimum Gasteiger partial charge on any atom is -0.384 e.